The van der Waals surface area contributed by atoms with Gasteiger partial charge in [0.15, 0.2) is 5.76 Å². The molecule has 1 aliphatic heterocycles. The first-order valence-electron chi connectivity index (χ1n) is 6.29. The van der Waals surface area contributed by atoms with Gasteiger partial charge in [-0.2, -0.15) is 0 Å². The molecule has 0 spiro atoms. The first-order valence-corrected chi connectivity index (χ1v) is 6.29. The summed E-state index contributed by atoms with van der Waals surface area (Å²) in [6.07, 6.45) is 0.422. The van der Waals surface area contributed by atoms with Gasteiger partial charge < -0.3 is 19.2 Å². The molecule has 1 amide bonds. The zero-order valence-corrected chi connectivity index (χ0v) is 11.0. The average Bonchev–Trinajstić information content (AvgIpc) is 2.82. The largest absolute Gasteiger partial charge is 0.478 e. The van der Waals surface area contributed by atoms with E-state index in [1.165, 1.54) is 6.07 Å². The van der Waals surface area contributed by atoms with E-state index in [1.54, 1.807) is 11.8 Å². The van der Waals surface area contributed by atoms with Gasteiger partial charge in [-0.25, -0.2) is 4.79 Å². The second kappa shape index (κ2) is 5.44. The summed E-state index contributed by atoms with van der Waals surface area (Å²) in [5, 5.41) is 9.04. The standard InChI is InChI=1S/C13H17NO5/c1-3-10-9(13(16)17)6-11(19-10)12(15)14-4-5-18-8(2)7-14/h6,8H,3-5,7H2,1-2H3,(H,16,17). The maximum atomic E-state index is 12.2. The van der Waals surface area contributed by atoms with Crippen LogP contribution < -0.4 is 0 Å². The molecule has 1 aromatic rings. The lowest BCUT2D eigenvalue weighted by Gasteiger charge is -2.30. The first-order chi connectivity index (χ1) is 9.02. The highest BCUT2D eigenvalue weighted by molar-refractivity contribution is 5.96. The number of ether oxygens (including phenoxy) is 1. The summed E-state index contributed by atoms with van der Waals surface area (Å²) in [7, 11) is 0. The highest BCUT2D eigenvalue weighted by Gasteiger charge is 2.27. The third-order valence-corrected chi connectivity index (χ3v) is 3.10. The van der Waals surface area contributed by atoms with Gasteiger partial charge in [0, 0.05) is 25.6 Å². The molecule has 0 bridgehead atoms. The highest BCUT2D eigenvalue weighted by Crippen LogP contribution is 2.19. The molecule has 1 unspecified atom stereocenters. The van der Waals surface area contributed by atoms with E-state index in [2.05, 4.69) is 0 Å². The van der Waals surface area contributed by atoms with Crippen molar-refractivity contribution in [2.24, 2.45) is 0 Å². The lowest BCUT2D eigenvalue weighted by Crippen LogP contribution is -2.44. The van der Waals surface area contributed by atoms with Crippen LogP contribution in [0.25, 0.3) is 0 Å². The Morgan fingerprint density at radius 2 is 2.26 bits per heavy atom. The lowest BCUT2D eigenvalue weighted by atomic mass is 10.2. The molecule has 0 aromatic carbocycles. The summed E-state index contributed by atoms with van der Waals surface area (Å²) in [5.41, 5.74) is 0.0622. The van der Waals surface area contributed by atoms with E-state index in [1.807, 2.05) is 6.92 Å². The fourth-order valence-corrected chi connectivity index (χ4v) is 2.14. The molecule has 2 heterocycles. The van der Waals surface area contributed by atoms with Crippen molar-refractivity contribution in [2.75, 3.05) is 19.7 Å². The summed E-state index contributed by atoms with van der Waals surface area (Å²) in [5.74, 6) is -0.937. The molecule has 6 heteroatoms. The minimum absolute atomic E-state index is 0.0164. The highest BCUT2D eigenvalue weighted by atomic mass is 16.5. The predicted octanol–water partition coefficient (Wildman–Crippen LogP) is 1.40. The normalized spacial score (nSPS) is 19.5. The molecule has 1 aliphatic rings. The van der Waals surface area contributed by atoms with Gasteiger partial charge >= 0.3 is 5.97 Å². The first kappa shape index (κ1) is 13.6. The molecule has 0 radical (unpaired) electrons. The van der Waals surface area contributed by atoms with Gasteiger partial charge in [-0.15, -0.1) is 0 Å². The number of carboxylic acid groups (broad SMARTS) is 1. The number of carbonyl (C=O) groups excluding carboxylic acids is 1. The number of hydrogen-bond donors (Lipinski definition) is 1. The molecule has 2 rings (SSSR count). The van der Waals surface area contributed by atoms with Crippen LogP contribution in [0.15, 0.2) is 10.5 Å². The number of amides is 1. The Morgan fingerprint density at radius 1 is 1.53 bits per heavy atom. The number of furan rings is 1. The quantitative estimate of drug-likeness (QED) is 0.895. The van der Waals surface area contributed by atoms with E-state index in [0.717, 1.165) is 0 Å². The monoisotopic (exact) mass is 267 g/mol. The summed E-state index contributed by atoms with van der Waals surface area (Å²) in [4.78, 5) is 24.9. The second-order valence-electron chi connectivity index (χ2n) is 4.54. The van der Waals surface area contributed by atoms with Gasteiger partial charge in [0.2, 0.25) is 0 Å². The van der Waals surface area contributed by atoms with E-state index in [0.29, 0.717) is 31.9 Å². The smallest absolute Gasteiger partial charge is 0.339 e. The SMILES string of the molecule is CCc1oc(C(=O)N2CCOC(C)C2)cc1C(=O)O. The number of aromatic carboxylic acids is 1. The van der Waals surface area contributed by atoms with Crippen LogP contribution in [-0.2, 0) is 11.2 Å². The number of nitrogens with zero attached hydrogens (tertiary/aromatic N) is 1. The number of carbonyl (C=O) groups is 2. The van der Waals surface area contributed by atoms with Crippen LogP contribution in [0.4, 0.5) is 0 Å². The van der Waals surface area contributed by atoms with Crippen molar-refractivity contribution in [3.05, 3.63) is 23.2 Å². The van der Waals surface area contributed by atoms with E-state index < -0.39 is 5.97 Å². The van der Waals surface area contributed by atoms with Gasteiger partial charge in [-0.05, 0) is 6.92 Å². The molecule has 104 valence electrons. The lowest BCUT2D eigenvalue weighted by molar-refractivity contribution is -0.0135. The van der Waals surface area contributed by atoms with E-state index in [9.17, 15) is 9.59 Å². The molecule has 1 atom stereocenters. The maximum absolute atomic E-state index is 12.2. The Balaban J connectivity index is 2.21. The van der Waals surface area contributed by atoms with Crippen LogP contribution in [0.3, 0.4) is 0 Å². The molecule has 0 aliphatic carbocycles. The van der Waals surface area contributed by atoms with E-state index >= 15 is 0 Å². The van der Waals surface area contributed by atoms with Crippen molar-refractivity contribution in [2.45, 2.75) is 26.4 Å². The number of carboxylic acids is 1. The van der Waals surface area contributed by atoms with Crippen LogP contribution in [0.1, 0.15) is 40.5 Å². The Bertz CT molecular complexity index is 493. The Hall–Kier alpha value is -1.82. The van der Waals surface area contributed by atoms with Crippen molar-refractivity contribution in [1.82, 2.24) is 4.90 Å². The van der Waals surface area contributed by atoms with Gasteiger partial charge in [0.1, 0.15) is 11.3 Å². The fourth-order valence-electron chi connectivity index (χ4n) is 2.14. The predicted molar refractivity (Wildman–Crippen MR) is 66.4 cm³/mol. The molecule has 0 saturated carbocycles. The Morgan fingerprint density at radius 3 is 2.79 bits per heavy atom. The number of hydrogen-bond acceptors (Lipinski definition) is 4. The zero-order valence-electron chi connectivity index (χ0n) is 11.0. The fraction of sp³-hybridized carbons (Fsp3) is 0.538. The number of rotatable bonds is 3. The third kappa shape index (κ3) is 2.78. The molecule has 1 N–H and O–H groups in total. The van der Waals surface area contributed by atoms with Crippen LogP contribution >= 0.6 is 0 Å². The average molecular weight is 267 g/mol. The van der Waals surface area contributed by atoms with Crippen LogP contribution in [-0.4, -0.2) is 47.7 Å². The van der Waals surface area contributed by atoms with Crippen LogP contribution in [0.5, 0.6) is 0 Å². The molecule has 1 aromatic heterocycles. The van der Waals surface area contributed by atoms with Crippen molar-refractivity contribution in [3.63, 3.8) is 0 Å². The van der Waals surface area contributed by atoms with Gasteiger partial charge in [0.25, 0.3) is 5.91 Å². The second-order valence-corrected chi connectivity index (χ2v) is 4.54. The maximum Gasteiger partial charge on any atom is 0.339 e. The number of aryl methyl sites for hydroxylation is 1. The van der Waals surface area contributed by atoms with Gasteiger partial charge in [0.05, 0.1) is 12.7 Å². The molecule has 1 saturated heterocycles. The van der Waals surface area contributed by atoms with Crippen LogP contribution in [0, 0.1) is 0 Å². The summed E-state index contributed by atoms with van der Waals surface area (Å²) in [6, 6.07) is 1.31. The van der Waals surface area contributed by atoms with Crippen molar-refractivity contribution >= 4 is 11.9 Å². The minimum Gasteiger partial charge on any atom is -0.478 e. The summed E-state index contributed by atoms with van der Waals surface area (Å²) in [6.45, 7) is 5.15. The summed E-state index contributed by atoms with van der Waals surface area (Å²) < 4.78 is 10.7. The zero-order chi connectivity index (χ0) is 14.0. The number of morpholine rings is 1. The summed E-state index contributed by atoms with van der Waals surface area (Å²) >= 11 is 0. The molecule has 6 nitrogen and oxygen atoms in total. The van der Waals surface area contributed by atoms with Gasteiger partial charge in [-0.1, -0.05) is 6.92 Å². The van der Waals surface area contributed by atoms with E-state index in [-0.39, 0.29) is 23.3 Å². The third-order valence-electron chi connectivity index (χ3n) is 3.10. The molecular weight excluding hydrogens is 250 g/mol. The topological polar surface area (TPSA) is 80.0 Å². The van der Waals surface area contributed by atoms with Crippen molar-refractivity contribution < 1.29 is 23.8 Å². The van der Waals surface area contributed by atoms with Gasteiger partial charge in [-0.3, -0.25) is 4.79 Å². The van der Waals surface area contributed by atoms with Crippen molar-refractivity contribution in [3.8, 4) is 0 Å². The molecule has 1 fully saturated rings. The Kier molecular flexibility index (Phi) is 3.90. The Labute approximate surface area is 110 Å². The minimum atomic E-state index is -1.07. The van der Waals surface area contributed by atoms with Crippen molar-refractivity contribution in [1.29, 1.82) is 0 Å². The van der Waals surface area contributed by atoms with Crippen LogP contribution in [0.2, 0.25) is 0 Å². The molecule has 19 heavy (non-hydrogen) atoms. The van der Waals surface area contributed by atoms with E-state index in [4.69, 9.17) is 14.3 Å². The molecular formula is C13H17NO5.